The van der Waals surface area contributed by atoms with E-state index in [1.807, 2.05) is 55.5 Å². The maximum atomic E-state index is 12.6. The van der Waals surface area contributed by atoms with Crippen LogP contribution in [0, 0.1) is 6.92 Å². The van der Waals surface area contributed by atoms with Gasteiger partial charge >= 0.3 is 0 Å². The van der Waals surface area contributed by atoms with E-state index < -0.39 is 0 Å². The van der Waals surface area contributed by atoms with Gasteiger partial charge in [-0.05, 0) is 48.4 Å². The molecule has 0 radical (unpaired) electrons. The highest BCUT2D eigenvalue weighted by atomic mass is 79.9. The number of halogens is 2. The first-order chi connectivity index (χ1) is 11.9. The monoisotopic (exact) mass is 452 g/mol. The van der Waals surface area contributed by atoms with Crippen molar-refractivity contribution in [3.8, 4) is 0 Å². The van der Waals surface area contributed by atoms with E-state index in [0.29, 0.717) is 20.9 Å². The van der Waals surface area contributed by atoms with Gasteiger partial charge in [0.25, 0.3) is 5.91 Å². The Morgan fingerprint density at radius 1 is 1.32 bits per heavy atom. The van der Waals surface area contributed by atoms with Crippen molar-refractivity contribution < 1.29 is 4.79 Å². The molecule has 2 aromatic rings. The topological polar surface area (TPSA) is 32.3 Å². The van der Waals surface area contributed by atoms with Crippen LogP contribution < -0.4 is 5.32 Å². The number of nitrogens with zero attached hydrogens (tertiary/aromatic N) is 1. The third-order valence-electron chi connectivity index (χ3n) is 3.63. The van der Waals surface area contributed by atoms with Crippen LogP contribution in [0.15, 0.2) is 51.8 Å². The number of anilines is 1. The van der Waals surface area contributed by atoms with Gasteiger partial charge in [0.15, 0.2) is 0 Å². The lowest BCUT2D eigenvalue weighted by Gasteiger charge is -2.16. The minimum absolute atomic E-state index is 0.0966. The Bertz CT molecular complexity index is 885. The summed E-state index contributed by atoms with van der Waals surface area (Å²) < 4.78 is 1.51. The standard InChI is InChI=1S/C18H14BrClN2OS2/c1-11-5-6-14(9-15(11)20)21-10-22-17(23)16(25-18(22)24)8-12-3-2-4-13(19)7-12/h2-9,21H,10H2,1H3/b16-8+. The second-order valence-corrected chi connectivity index (χ2v) is 8.46. The van der Waals surface area contributed by atoms with Gasteiger partial charge in [0.1, 0.15) is 4.32 Å². The molecule has 0 bridgehead atoms. The predicted molar refractivity (Wildman–Crippen MR) is 114 cm³/mol. The molecule has 1 saturated heterocycles. The quantitative estimate of drug-likeness (QED) is 0.477. The molecule has 0 aliphatic carbocycles. The van der Waals surface area contributed by atoms with Crippen molar-refractivity contribution in [2.24, 2.45) is 0 Å². The molecule has 3 rings (SSSR count). The van der Waals surface area contributed by atoms with E-state index in [4.69, 9.17) is 23.8 Å². The van der Waals surface area contributed by atoms with Crippen molar-refractivity contribution in [1.82, 2.24) is 4.90 Å². The van der Waals surface area contributed by atoms with Crippen LogP contribution in [0.3, 0.4) is 0 Å². The molecule has 0 unspecified atom stereocenters. The highest BCUT2D eigenvalue weighted by Crippen LogP contribution is 2.33. The fraction of sp³-hybridized carbons (Fsp3) is 0.111. The molecule has 0 aromatic heterocycles. The van der Waals surface area contributed by atoms with Crippen molar-refractivity contribution in [3.05, 3.63) is 68.0 Å². The highest BCUT2D eigenvalue weighted by Gasteiger charge is 2.31. The number of carbonyl (C=O) groups is 1. The molecular weight excluding hydrogens is 440 g/mol. The third kappa shape index (κ3) is 4.44. The SMILES string of the molecule is Cc1ccc(NCN2C(=O)/C(=C\c3cccc(Br)c3)SC2=S)cc1Cl. The molecule has 1 fully saturated rings. The Morgan fingerprint density at radius 3 is 2.84 bits per heavy atom. The lowest BCUT2D eigenvalue weighted by Crippen LogP contribution is -2.33. The summed E-state index contributed by atoms with van der Waals surface area (Å²) in [5, 5.41) is 3.88. The fourth-order valence-corrected chi connectivity index (χ4v) is 4.11. The second kappa shape index (κ2) is 7.91. The van der Waals surface area contributed by atoms with Crippen LogP contribution >= 0.6 is 51.5 Å². The predicted octanol–water partition coefficient (Wildman–Crippen LogP) is 5.68. The van der Waals surface area contributed by atoms with Crippen molar-refractivity contribution in [1.29, 1.82) is 0 Å². The van der Waals surface area contributed by atoms with Crippen LogP contribution in [-0.4, -0.2) is 21.8 Å². The van der Waals surface area contributed by atoms with E-state index in [2.05, 4.69) is 21.2 Å². The maximum Gasteiger partial charge on any atom is 0.267 e. The van der Waals surface area contributed by atoms with E-state index in [9.17, 15) is 4.79 Å². The molecule has 0 saturated carbocycles. The third-order valence-corrected chi connectivity index (χ3v) is 5.91. The number of rotatable bonds is 4. The molecule has 7 heteroatoms. The molecule has 0 atom stereocenters. The normalized spacial score (nSPS) is 16.0. The van der Waals surface area contributed by atoms with E-state index in [1.165, 1.54) is 11.8 Å². The van der Waals surface area contributed by atoms with E-state index in [-0.39, 0.29) is 5.91 Å². The lowest BCUT2D eigenvalue weighted by atomic mass is 10.2. The molecule has 128 valence electrons. The summed E-state index contributed by atoms with van der Waals surface area (Å²) in [5.41, 5.74) is 2.81. The zero-order chi connectivity index (χ0) is 18.0. The van der Waals surface area contributed by atoms with Crippen LogP contribution in [-0.2, 0) is 4.79 Å². The van der Waals surface area contributed by atoms with E-state index in [1.54, 1.807) is 4.90 Å². The number of hydrogen-bond acceptors (Lipinski definition) is 4. The average molecular weight is 454 g/mol. The van der Waals surface area contributed by atoms with Crippen LogP contribution in [0.1, 0.15) is 11.1 Å². The number of nitrogens with one attached hydrogen (secondary N) is 1. The van der Waals surface area contributed by atoms with Crippen molar-refractivity contribution in [3.63, 3.8) is 0 Å². The van der Waals surface area contributed by atoms with E-state index >= 15 is 0 Å². The van der Waals surface area contributed by atoms with Crippen LogP contribution in [0.2, 0.25) is 5.02 Å². The highest BCUT2D eigenvalue weighted by molar-refractivity contribution is 9.10. The number of amides is 1. The van der Waals surface area contributed by atoms with Gasteiger partial charge in [-0.2, -0.15) is 0 Å². The first-order valence-corrected chi connectivity index (χ1v) is 9.84. The van der Waals surface area contributed by atoms with Gasteiger partial charge in [-0.15, -0.1) is 0 Å². The smallest absolute Gasteiger partial charge is 0.267 e. The van der Waals surface area contributed by atoms with Gasteiger partial charge in [-0.1, -0.05) is 69.7 Å². The fourth-order valence-electron chi connectivity index (χ4n) is 2.26. The summed E-state index contributed by atoms with van der Waals surface area (Å²) in [6, 6.07) is 13.5. The largest absolute Gasteiger partial charge is 0.367 e. The van der Waals surface area contributed by atoms with Crippen molar-refractivity contribution in [2.75, 3.05) is 12.0 Å². The molecule has 25 heavy (non-hydrogen) atoms. The molecule has 3 nitrogen and oxygen atoms in total. The van der Waals surface area contributed by atoms with Gasteiger partial charge in [-0.25, -0.2) is 0 Å². The minimum Gasteiger partial charge on any atom is -0.367 e. The molecule has 1 amide bonds. The first-order valence-electron chi connectivity index (χ1n) is 7.45. The summed E-state index contributed by atoms with van der Waals surface area (Å²) in [5.74, 6) is -0.0966. The average Bonchev–Trinajstić information content (AvgIpc) is 2.82. The number of carbonyl (C=O) groups excluding carboxylic acids is 1. The number of hydrogen-bond donors (Lipinski definition) is 1. The van der Waals surface area contributed by atoms with Crippen LogP contribution in [0.25, 0.3) is 6.08 Å². The van der Waals surface area contributed by atoms with Gasteiger partial charge in [0.2, 0.25) is 0 Å². The number of thiocarbonyl (C=S) groups is 1. The molecule has 1 N–H and O–H groups in total. The van der Waals surface area contributed by atoms with Crippen molar-refractivity contribution >= 4 is 73.5 Å². The number of benzene rings is 2. The lowest BCUT2D eigenvalue weighted by molar-refractivity contribution is -0.121. The Hall–Kier alpha value is -1.34. The molecule has 0 spiro atoms. The Labute approximate surface area is 169 Å². The van der Waals surface area contributed by atoms with Crippen molar-refractivity contribution in [2.45, 2.75) is 6.92 Å². The Morgan fingerprint density at radius 2 is 2.12 bits per heavy atom. The van der Waals surface area contributed by atoms with E-state index in [0.717, 1.165) is 21.3 Å². The van der Waals surface area contributed by atoms with Crippen LogP contribution in [0.4, 0.5) is 5.69 Å². The van der Waals surface area contributed by atoms with Gasteiger partial charge < -0.3 is 5.32 Å². The summed E-state index contributed by atoms with van der Waals surface area (Å²) in [4.78, 5) is 14.8. The Kier molecular flexibility index (Phi) is 5.84. The van der Waals surface area contributed by atoms with Gasteiger partial charge in [0.05, 0.1) is 11.6 Å². The Balaban J connectivity index is 1.72. The van der Waals surface area contributed by atoms with Crippen LogP contribution in [0.5, 0.6) is 0 Å². The summed E-state index contributed by atoms with van der Waals surface area (Å²) in [6.07, 6.45) is 1.85. The summed E-state index contributed by atoms with van der Waals surface area (Å²) in [7, 11) is 0. The number of thioether (sulfide) groups is 1. The molecule has 1 aliphatic heterocycles. The number of aryl methyl sites for hydroxylation is 1. The minimum atomic E-state index is -0.0966. The van der Waals surface area contributed by atoms with Gasteiger partial charge in [0, 0.05) is 15.2 Å². The summed E-state index contributed by atoms with van der Waals surface area (Å²) >= 11 is 16.2. The molecule has 1 aliphatic rings. The zero-order valence-corrected chi connectivity index (χ0v) is 17.2. The molecular formula is C18H14BrClN2OS2. The summed E-state index contributed by atoms with van der Waals surface area (Å²) in [6.45, 7) is 2.25. The molecule has 1 heterocycles. The first kappa shape index (κ1) is 18.5. The maximum absolute atomic E-state index is 12.6. The second-order valence-electron chi connectivity index (χ2n) is 5.46. The van der Waals surface area contributed by atoms with Gasteiger partial charge in [-0.3, -0.25) is 9.69 Å². The molecule has 2 aromatic carbocycles. The zero-order valence-electron chi connectivity index (χ0n) is 13.3.